The number of aromatic hydroxyl groups is 1. The van der Waals surface area contributed by atoms with Gasteiger partial charge in [0.2, 0.25) is 11.4 Å². The van der Waals surface area contributed by atoms with Crippen LogP contribution in [0, 0.1) is 5.41 Å². The molecule has 3 aliphatic carbocycles. The van der Waals surface area contributed by atoms with Gasteiger partial charge in [-0.15, -0.1) is 0 Å². The third-order valence-corrected chi connectivity index (χ3v) is 8.20. The lowest BCUT2D eigenvalue weighted by atomic mass is 9.48. The highest BCUT2D eigenvalue weighted by molar-refractivity contribution is 6.27. The minimum atomic E-state index is -3.40. The molecule has 0 bridgehead atoms. The van der Waals surface area contributed by atoms with Crippen LogP contribution in [0.4, 0.5) is 0 Å². The number of fused-ring (bicyclic) bond motifs is 3. The Balaban J connectivity index is 1.93. The summed E-state index contributed by atoms with van der Waals surface area (Å²) >= 11 is 0. The summed E-state index contributed by atoms with van der Waals surface area (Å²) < 4.78 is 11.1. The van der Waals surface area contributed by atoms with Gasteiger partial charge in [0.05, 0.1) is 35.4 Å². The number of hydrogen-bond acceptors (Lipinski definition) is 12. The first-order valence-electron chi connectivity index (χ1n) is 11.7. The van der Waals surface area contributed by atoms with Crippen molar-refractivity contribution in [2.24, 2.45) is 5.41 Å². The summed E-state index contributed by atoms with van der Waals surface area (Å²) in [5, 5.41) is 67.4. The van der Waals surface area contributed by atoms with Crippen LogP contribution in [0.1, 0.15) is 49.5 Å². The number of methoxy groups -OCH3 is 1. The Hall–Kier alpha value is -3.58. The van der Waals surface area contributed by atoms with E-state index < -0.39 is 104 Å². The van der Waals surface area contributed by atoms with Crippen molar-refractivity contribution in [2.45, 2.75) is 62.6 Å². The Morgan fingerprint density at radius 3 is 2.29 bits per heavy atom. The number of Topliss-reactive ketones (excluding diaryl/α,β-unsaturated/α-hetero) is 4. The van der Waals surface area contributed by atoms with Crippen LogP contribution in [0.25, 0.3) is 5.76 Å². The largest absolute Gasteiger partial charge is 0.508 e. The van der Waals surface area contributed by atoms with Crippen LogP contribution in [0.15, 0.2) is 29.0 Å². The minimum absolute atomic E-state index is 0.0219. The van der Waals surface area contributed by atoms with Crippen LogP contribution in [0.3, 0.4) is 0 Å². The molecule has 1 aromatic carbocycles. The number of rotatable bonds is 3. The van der Waals surface area contributed by atoms with Gasteiger partial charge in [0.15, 0.2) is 17.3 Å². The molecule has 0 unspecified atom stereocenters. The van der Waals surface area contributed by atoms with Crippen LogP contribution >= 0.6 is 0 Å². The fourth-order valence-electron chi connectivity index (χ4n) is 6.37. The Bertz CT molecular complexity index is 1430. The highest BCUT2D eigenvalue weighted by Crippen LogP contribution is 2.65. The van der Waals surface area contributed by atoms with Gasteiger partial charge in [-0.3, -0.25) is 19.2 Å². The number of phenolic OH excluding ortho intramolecular Hbond substituents is 1. The van der Waals surface area contributed by atoms with E-state index in [0.717, 1.165) is 13.0 Å². The molecule has 1 saturated heterocycles. The highest BCUT2D eigenvalue weighted by atomic mass is 16.5. The molecule has 0 aromatic heterocycles. The van der Waals surface area contributed by atoms with Gasteiger partial charge >= 0.3 is 0 Å². The van der Waals surface area contributed by atoms with E-state index in [1.165, 1.54) is 27.0 Å². The van der Waals surface area contributed by atoms with Crippen molar-refractivity contribution < 1.29 is 59.3 Å². The van der Waals surface area contributed by atoms with Gasteiger partial charge in [0.1, 0.15) is 40.3 Å². The molecule has 4 aliphatic rings. The summed E-state index contributed by atoms with van der Waals surface area (Å²) in [4.78, 5) is 53.4. The molecule has 12 heteroatoms. The molecule has 0 amide bonds. The fraction of sp³-hybridized carbons (Fsp3) is 0.462. The second-order valence-electron chi connectivity index (χ2n) is 10.8. The second-order valence-corrected chi connectivity index (χ2v) is 10.8. The van der Waals surface area contributed by atoms with E-state index in [1.54, 1.807) is 0 Å². The van der Waals surface area contributed by atoms with Gasteiger partial charge in [-0.05, 0) is 33.3 Å². The Kier molecular flexibility index (Phi) is 5.14. The number of phenols is 1. The Morgan fingerprint density at radius 1 is 1.11 bits per heavy atom. The van der Waals surface area contributed by atoms with Gasteiger partial charge in [0.25, 0.3) is 0 Å². The van der Waals surface area contributed by atoms with E-state index in [-0.39, 0.29) is 11.3 Å². The zero-order valence-corrected chi connectivity index (χ0v) is 20.9. The average Bonchev–Trinajstić information content (AvgIpc) is 3.22. The highest BCUT2D eigenvalue weighted by Gasteiger charge is 2.81. The molecule has 12 nitrogen and oxygen atoms in total. The van der Waals surface area contributed by atoms with Crippen LogP contribution in [-0.4, -0.2) is 89.9 Å². The zero-order chi connectivity index (χ0) is 28.3. The van der Waals surface area contributed by atoms with Crippen molar-refractivity contribution in [3.8, 4) is 11.5 Å². The Labute approximate surface area is 215 Å². The first-order valence-corrected chi connectivity index (χ1v) is 11.7. The number of aliphatic hydroxyl groups excluding tert-OH is 2. The van der Waals surface area contributed by atoms with Crippen molar-refractivity contribution in [1.82, 2.24) is 0 Å². The molecule has 1 aromatic rings. The maximum absolute atomic E-state index is 14.3. The normalized spacial score (nSPS) is 34.6. The SMILES string of the molecule is COc1cc(O)c2c(c1)C(=O)[C@@]13C[C@H](C(C)(C)O)O[C@@H]1[C@@]1(O)CC(=O)C(C(C)=O)=C(O)[C@@]1(O)C(=O)C3=C2O. The predicted octanol–water partition coefficient (Wildman–Crippen LogP) is 0.200. The molecule has 1 saturated carbocycles. The first kappa shape index (κ1) is 26.0. The molecule has 6 N–H and O–H groups in total. The summed E-state index contributed by atoms with van der Waals surface area (Å²) in [6.07, 6.45) is -4.84. The van der Waals surface area contributed by atoms with Gasteiger partial charge in [-0.1, -0.05) is 0 Å². The molecule has 202 valence electrons. The van der Waals surface area contributed by atoms with Crippen LogP contribution in [-0.2, 0) is 19.1 Å². The summed E-state index contributed by atoms with van der Waals surface area (Å²) in [6, 6.07) is 2.27. The third kappa shape index (κ3) is 2.77. The summed E-state index contributed by atoms with van der Waals surface area (Å²) in [7, 11) is 1.27. The van der Waals surface area contributed by atoms with E-state index >= 15 is 0 Å². The van der Waals surface area contributed by atoms with Gasteiger partial charge in [-0.25, -0.2) is 0 Å². The maximum Gasteiger partial charge on any atom is 0.217 e. The first-order chi connectivity index (χ1) is 17.5. The summed E-state index contributed by atoms with van der Waals surface area (Å²) in [5.41, 5.74) is -12.9. The molecule has 5 rings (SSSR count). The van der Waals surface area contributed by atoms with Crippen molar-refractivity contribution in [3.63, 3.8) is 0 Å². The van der Waals surface area contributed by atoms with Gasteiger partial charge in [-0.2, -0.15) is 0 Å². The number of aliphatic hydroxyl groups is 5. The molecular weight excluding hydrogens is 504 g/mol. The number of carbonyl (C=O) groups excluding carboxylic acids is 4. The van der Waals surface area contributed by atoms with Crippen molar-refractivity contribution in [1.29, 1.82) is 0 Å². The summed E-state index contributed by atoms with van der Waals surface area (Å²) in [5.74, 6) is -7.62. The quantitative estimate of drug-likeness (QED) is 0.290. The van der Waals surface area contributed by atoms with E-state index in [4.69, 9.17) is 9.47 Å². The van der Waals surface area contributed by atoms with Gasteiger partial charge in [0, 0.05) is 18.1 Å². The molecule has 1 spiro atoms. The third-order valence-electron chi connectivity index (χ3n) is 8.20. The molecule has 2 fully saturated rings. The number of carbonyl (C=O) groups is 4. The number of benzene rings is 1. The lowest BCUT2D eigenvalue weighted by Crippen LogP contribution is -2.77. The Morgan fingerprint density at radius 2 is 1.74 bits per heavy atom. The number of ketones is 4. The van der Waals surface area contributed by atoms with Crippen LogP contribution in [0.2, 0.25) is 0 Å². The fourth-order valence-corrected chi connectivity index (χ4v) is 6.37. The van der Waals surface area contributed by atoms with E-state index in [2.05, 4.69) is 0 Å². The minimum Gasteiger partial charge on any atom is -0.508 e. The average molecular weight is 530 g/mol. The van der Waals surface area contributed by atoms with E-state index in [1.807, 2.05) is 0 Å². The smallest absolute Gasteiger partial charge is 0.217 e. The van der Waals surface area contributed by atoms with Gasteiger partial charge < -0.3 is 40.1 Å². The molecule has 38 heavy (non-hydrogen) atoms. The van der Waals surface area contributed by atoms with Crippen LogP contribution in [0.5, 0.6) is 11.5 Å². The van der Waals surface area contributed by atoms with Crippen molar-refractivity contribution >= 4 is 28.9 Å². The second kappa shape index (κ2) is 7.50. The number of ether oxygens (including phenoxy) is 2. The standard InChI is InChI=1S/C26H26O12/c1-9(27)15-13(29)7-25(35)22-24(8-14(38-22)23(2,3)34)17(21(33)26(25,36)20(15)32)18(30)16-11(19(24)31)5-10(37-4)6-12(16)28/h5-6,14,22,28,30,32,34-36H,7-8H2,1-4H3/t14-,22+,24+,25+,26-/m1/s1. The topological polar surface area (TPSA) is 208 Å². The van der Waals surface area contributed by atoms with E-state index in [9.17, 15) is 49.8 Å². The molecule has 1 aliphatic heterocycles. The molecule has 5 atom stereocenters. The number of hydrogen-bond donors (Lipinski definition) is 6. The molecule has 0 radical (unpaired) electrons. The van der Waals surface area contributed by atoms with Crippen LogP contribution < -0.4 is 4.74 Å². The zero-order valence-electron chi connectivity index (χ0n) is 20.9. The number of allylic oxidation sites excluding steroid dienone is 1. The monoisotopic (exact) mass is 530 g/mol. The van der Waals surface area contributed by atoms with Crippen molar-refractivity contribution in [2.75, 3.05) is 7.11 Å². The van der Waals surface area contributed by atoms with E-state index in [0.29, 0.717) is 0 Å². The maximum atomic E-state index is 14.3. The lowest BCUT2D eigenvalue weighted by Gasteiger charge is -2.56. The van der Waals surface area contributed by atoms with Crippen molar-refractivity contribution in [3.05, 3.63) is 40.2 Å². The molecule has 1 heterocycles. The summed E-state index contributed by atoms with van der Waals surface area (Å²) in [6.45, 7) is 3.58. The predicted molar refractivity (Wildman–Crippen MR) is 125 cm³/mol. The molecular formula is C26H26O12. The lowest BCUT2D eigenvalue weighted by molar-refractivity contribution is -0.234.